The van der Waals surface area contributed by atoms with Crippen molar-refractivity contribution < 1.29 is 14.6 Å². The molecular weight excluding hydrogens is 344 g/mol. The van der Waals surface area contributed by atoms with Gasteiger partial charge in [0.2, 0.25) is 5.91 Å². The van der Waals surface area contributed by atoms with E-state index in [-0.39, 0.29) is 13.2 Å². The van der Waals surface area contributed by atoms with E-state index in [2.05, 4.69) is 10.3 Å². The predicted molar refractivity (Wildman–Crippen MR) is 111 cm³/mol. The van der Waals surface area contributed by atoms with Gasteiger partial charge in [0.05, 0.1) is 26.3 Å². The number of amides is 1. The first kappa shape index (κ1) is 24.8. The van der Waals surface area contributed by atoms with Crippen LogP contribution in [0.15, 0.2) is 53.3 Å². The van der Waals surface area contributed by atoms with Crippen molar-refractivity contribution in [3.63, 3.8) is 0 Å². The molecular formula is C20H34N4O3. The van der Waals surface area contributed by atoms with E-state index >= 15 is 0 Å². The average Bonchev–Trinajstić information content (AvgIpc) is 2.64. The molecule has 0 atom stereocenters. The van der Waals surface area contributed by atoms with Crippen molar-refractivity contribution >= 4 is 11.7 Å². The number of hydrogen-bond donors (Lipinski definition) is 3. The fraction of sp³-hybridized carbons (Fsp3) is 0.500. The summed E-state index contributed by atoms with van der Waals surface area (Å²) in [5.74, 6) is 0.318. The lowest BCUT2D eigenvalue weighted by Crippen LogP contribution is -2.40. The minimum absolute atomic E-state index is 0.0765. The Bertz CT molecular complexity index is 551. The minimum Gasteiger partial charge on any atom is -0.396 e. The van der Waals surface area contributed by atoms with E-state index in [1.165, 1.54) is 0 Å². The van der Waals surface area contributed by atoms with Crippen LogP contribution in [0.25, 0.3) is 0 Å². The van der Waals surface area contributed by atoms with Crippen LogP contribution in [0.4, 0.5) is 0 Å². The van der Waals surface area contributed by atoms with Crippen LogP contribution in [0.2, 0.25) is 0 Å². The second-order valence-electron chi connectivity index (χ2n) is 5.66. The molecule has 0 heterocycles. The largest absolute Gasteiger partial charge is 0.396 e. The molecule has 1 amide bonds. The summed E-state index contributed by atoms with van der Waals surface area (Å²) in [6, 6.07) is 0. The molecule has 152 valence electrons. The zero-order valence-electron chi connectivity index (χ0n) is 16.7. The summed E-state index contributed by atoms with van der Waals surface area (Å²) in [5.41, 5.74) is 6.14. The summed E-state index contributed by atoms with van der Waals surface area (Å²) in [7, 11) is 0. The third-order valence-electron chi connectivity index (χ3n) is 3.38. The Kier molecular flexibility index (Phi) is 15.8. The van der Waals surface area contributed by atoms with Gasteiger partial charge in [-0.3, -0.25) is 4.79 Å². The molecule has 27 heavy (non-hydrogen) atoms. The molecule has 0 aliphatic heterocycles. The van der Waals surface area contributed by atoms with Gasteiger partial charge in [-0.1, -0.05) is 30.4 Å². The molecule has 0 spiro atoms. The Hall–Kier alpha value is -2.22. The van der Waals surface area contributed by atoms with E-state index < -0.39 is 5.91 Å². The zero-order valence-corrected chi connectivity index (χ0v) is 16.7. The standard InChI is InChI=1S/C20H34N4O3/c1-4-6-7-8-14-27-15-10-18(3)24(12-9-13-25)20(23-11-5-2)17-22-16-19(21)26/h4-8,10-11,22,25H,9,12-17H2,1-3H3,(H2,21,26)/b6-4-,8-7-,11-5+,18-10+,23-20?. The highest BCUT2D eigenvalue weighted by atomic mass is 16.5. The van der Waals surface area contributed by atoms with E-state index in [1.807, 2.05) is 62.1 Å². The molecule has 0 unspecified atom stereocenters. The number of aliphatic imine (C=N–C) groups is 1. The molecule has 0 aromatic carbocycles. The number of carbonyl (C=O) groups is 1. The van der Waals surface area contributed by atoms with Crippen LogP contribution in [-0.2, 0) is 9.53 Å². The van der Waals surface area contributed by atoms with E-state index in [0.717, 1.165) is 11.5 Å². The van der Waals surface area contributed by atoms with Crippen molar-refractivity contribution in [2.45, 2.75) is 27.2 Å². The lowest BCUT2D eigenvalue weighted by Gasteiger charge is -2.27. The Balaban J connectivity index is 5.01. The van der Waals surface area contributed by atoms with Crippen molar-refractivity contribution in [2.75, 3.05) is 39.5 Å². The first-order valence-electron chi connectivity index (χ1n) is 9.14. The van der Waals surface area contributed by atoms with E-state index in [9.17, 15) is 9.90 Å². The van der Waals surface area contributed by atoms with Gasteiger partial charge in [0.25, 0.3) is 0 Å². The first-order chi connectivity index (χ1) is 13.1. The van der Waals surface area contributed by atoms with Crippen molar-refractivity contribution in [1.82, 2.24) is 10.2 Å². The molecule has 0 aliphatic rings. The maximum absolute atomic E-state index is 11.0. The SMILES string of the molecule is C/C=C\C=C/COC/C=C(\C)N(CCCO)C(CNCC(N)=O)=N/C=C/C. The molecule has 0 radical (unpaired) electrons. The van der Waals surface area contributed by atoms with Crippen LogP contribution in [0.3, 0.4) is 0 Å². The number of amidine groups is 1. The maximum Gasteiger partial charge on any atom is 0.231 e. The molecule has 0 aliphatic carbocycles. The Labute approximate surface area is 163 Å². The summed E-state index contributed by atoms with van der Waals surface area (Å²) in [5, 5.41) is 12.2. The number of hydrogen-bond acceptors (Lipinski definition) is 5. The molecule has 0 rings (SSSR count). The third-order valence-corrected chi connectivity index (χ3v) is 3.38. The van der Waals surface area contributed by atoms with Gasteiger partial charge in [-0.2, -0.15) is 0 Å². The van der Waals surface area contributed by atoms with Gasteiger partial charge in [0.15, 0.2) is 0 Å². The molecule has 0 bridgehead atoms. The molecule has 7 heteroatoms. The molecule has 4 N–H and O–H groups in total. The molecule has 0 aromatic heterocycles. The quantitative estimate of drug-likeness (QED) is 0.185. The normalized spacial score (nSPS) is 13.3. The van der Waals surface area contributed by atoms with Gasteiger partial charge in [0, 0.05) is 25.0 Å². The van der Waals surface area contributed by atoms with Gasteiger partial charge in [-0.05, 0) is 33.3 Å². The van der Waals surface area contributed by atoms with Crippen molar-refractivity contribution in [3.8, 4) is 0 Å². The fourth-order valence-corrected chi connectivity index (χ4v) is 2.08. The molecule has 7 nitrogen and oxygen atoms in total. The summed E-state index contributed by atoms with van der Waals surface area (Å²) in [4.78, 5) is 17.4. The highest BCUT2D eigenvalue weighted by molar-refractivity contribution is 5.87. The number of carbonyl (C=O) groups excluding carboxylic acids is 1. The number of nitrogens with one attached hydrogen (secondary N) is 1. The second kappa shape index (κ2) is 17.2. The number of rotatable bonds is 14. The lowest BCUT2D eigenvalue weighted by molar-refractivity contribution is -0.117. The van der Waals surface area contributed by atoms with Crippen LogP contribution in [0.1, 0.15) is 27.2 Å². The molecule has 0 aromatic rings. The average molecular weight is 379 g/mol. The van der Waals surface area contributed by atoms with Crippen LogP contribution >= 0.6 is 0 Å². The predicted octanol–water partition coefficient (Wildman–Crippen LogP) is 1.73. The smallest absolute Gasteiger partial charge is 0.231 e. The van der Waals surface area contributed by atoms with Crippen molar-refractivity contribution in [2.24, 2.45) is 10.7 Å². The van der Waals surface area contributed by atoms with Gasteiger partial charge in [0.1, 0.15) is 5.84 Å². The topological polar surface area (TPSA) is 100 Å². The number of allylic oxidation sites excluding steroid dienone is 5. The zero-order chi connectivity index (χ0) is 20.3. The van der Waals surface area contributed by atoms with E-state index in [4.69, 9.17) is 10.5 Å². The Morgan fingerprint density at radius 3 is 2.63 bits per heavy atom. The number of nitrogens with two attached hydrogens (primary N) is 1. The number of aliphatic hydroxyl groups is 1. The van der Waals surface area contributed by atoms with Gasteiger partial charge in [-0.25, -0.2) is 4.99 Å². The molecule has 0 saturated heterocycles. The van der Waals surface area contributed by atoms with E-state index in [0.29, 0.717) is 32.7 Å². The summed E-state index contributed by atoms with van der Waals surface area (Å²) in [6.07, 6.45) is 13.9. The van der Waals surface area contributed by atoms with Crippen LogP contribution < -0.4 is 11.1 Å². The van der Waals surface area contributed by atoms with Crippen molar-refractivity contribution in [3.05, 3.63) is 48.4 Å². The summed E-state index contributed by atoms with van der Waals surface area (Å²) < 4.78 is 5.58. The second-order valence-corrected chi connectivity index (χ2v) is 5.66. The van der Waals surface area contributed by atoms with Crippen molar-refractivity contribution in [1.29, 1.82) is 0 Å². The minimum atomic E-state index is -0.422. The fourth-order valence-electron chi connectivity index (χ4n) is 2.08. The lowest BCUT2D eigenvalue weighted by atomic mass is 10.3. The van der Waals surface area contributed by atoms with Gasteiger partial charge >= 0.3 is 0 Å². The number of primary amides is 1. The van der Waals surface area contributed by atoms with Crippen LogP contribution in [0.5, 0.6) is 0 Å². The highest BCUT2D eigenvalue weighted by Crippen LogP contribution is 2.07. The Morgan fingerprint density at radius 2 is 2.00 bits per heavy atom. The number of nitrogens with zero attached hydrogens (tertiary/aromatic N) is 2. The van der Waals surface area contributed by atoms with Crippen LogP contribution in [-0.4, -0.2) is 61.2 Å². The monoisotopic (exact) mass is 378 g/mol. The molecule has 0 fully saturated rings. The Morgan fingerprint density at radius 1 is 1.22 bits per heavy atom. The highest BCUT2D eigenvalue weighted by Gasteiger charge is 2.13. The third kappa shape index (κ3) is 13.6. The first-order valence-corrected chi connectivity index (χ1v) is 9.14. The number of ether oxygens (including phenoxy) is 1. The molecule has 0 saturated carbocycles. The number of aliphatic hydroxyl groups excluding tert-OH is 1. The van der Waals surface area contributed by atoms with E-state index in [1.54, 1.807) is 6.20 Å². The van der Waals surface area contributed by atoms with Crippen LogP contribution in [0, 0.1) is 0 Å². The maximum atomic E-state index is 11.0. The summed E-state index contributed by atoms with van der Waals surface area (Å²) >= 11 is 0. The summed E-state index contributed by atoms with van der Waals surface area (Å²) in [6.45, 7) is 7.96. The van der Waals surface area contributed by atoms with Gasteiger partial charge < -0.3 is 25.8 Å². The van der Waals surface area contributed by atoms with Gasteiger partial charge in [-0.15, -0.1) is 0 Å².